The van der Waals surface area contributed by atoms with Crippen LogP contribution in [0.1, 0.15) is 25.0 Å². The number of nitrogens with zero attached hydrogens (tertiary/aromatic N) is 3. The number of anilines is 3. The molecule has 0 spiro atoms. The fourth-order valence-corrected chi connectivity index (χ4v) is 11.8. The standard InChI is InChI=1S/C69H49N3/c1-69(2)63-44-49(46-19-7-3-8-20-46)31-35-57(63)58-36-34-55(45-64(58)69)70(52-21-9-4-10-22-52)56-40-50(47-32-37-67-61(42-47)59-27-15-17-29-65(59)71(67)53-23-11-5-12-24-53)39-51(41-56)48-33-38-68-62(43-48)60-28-16-18-30-66(60)72(68)54-25-13-6-14-26-54/h3-45H,1-2H3. The minimum Gasteiger partial charge on any atom is -0.310 e. The van der Waals surface area contributed by atoms with Gasteiger partial charge in [-0.1, -0.05) is 166 Å². The van der Waals surface area contributed by atoms with Crippen LogP contribution >= 0.6 is 0 Å². The van der Waals surface area contributed by atoms with E-state index < -0.39 is 0 Å². The van der Waals surface area contributed by atoms with E-state index in [1.807, 2.05) is 0 Å². The van der Waals surface area contributed by atoms with E-state index >= 15 is 0 Å². The predicted octanol–water partition coefficient (Wildman–Crippen LogP) is 18.7. The van der Waals surface area contributed by atoms with Crippen molar-refractivity contribution >= 4 is 60.7 Å². The van der Waals surface area contributed by atoms with Gasteiger partial charge in [0.1, 0.15) is 0 Å². The van der Waals surface area contributed by atoms with Gasteiger partial charge in [-0.25, -0.2) is 0 Å². The van der Waals surface area contributed by atoms with Crippen LogP contribution in [0.3, 0.4) is 0 Å². The topological polar surface area (TPSA) is 13.1 Å². The highest BCUT2D eigenvalue weighted by atomic mass is 15.1. The summed E-state index contributed by atoms with van der Waals surface area (Å²) in [6.45, 7) is 4.77. The van der Waals surface area contributed by atoms with Gasteiger partial charge in [0, 0.05) is 55.4 Å². The van der Waals surface area contributed by atoms with Crippen molar-refractivity contribution in [3.8, 4) is 55.9 Å². The number of benzene rings is 11. The van der Waals surface area contributed by atoms with Crippen LogP contribution in [0.2, 0.25) is 0 Å². The van der Waals surface area contributed by atoms with E-state index in [2.05, 4.69) is 289 Å². The summed E-state index contributed by atoms with van der Waals surface area (Å²) in [5.41, 5.74) is 22.6. The Hall–Kier alpha value is -9.18. The maximum atomic E-state index is 2.46. The van der Waals surface area contributed by atoms with Gasteiger partial charge in [0.2, 0.25) is 0 Å². The van der Waals surface area contributed by atoms with E-state index in [0.717, 1.165) is 50.7 Å². The van der Waals surface area contributed by atoms with E-state index in [1.54, 1.807) is 0 Å². The molecule has 0 fully saturated rings. The molecule has 11 aromatic carbocycles. The average molecular weight is 920 g/mol. The molecule has 0 unspecified atom stereocenters. The van der Waals surface area contributed by atoms with E-state index in [9.17, 15) is 0 Å². The monoisotopic (exact) mass is 919 g/mol. The Bertz CT molecular complexity index is 4040. The fraction of sp³-hybridized carbons (Fsp3) is 0.0435. The smallest absolute Gasteiger partial charge is 0.0541 e. The molecule has 1 aliphatic carbocycles. The molecule has 0 radical (unpaired) electrons. The van der Waals surface area contributed by atoms with Gasteiger partial charge in [-0.3, -0.25) is 0 Å². The second-order valence-corrected chi connectivity index (χ2v) is 19.8. The minimum atomic E-state index is -0.219. The van der Waals surface area contributed by atoms with Gasteiger partial charge < -0.3 is 14.0 Å². The summed E-state index contributed by atoms with van der Waals surface area (Å²) in [4.78, 5) is 2.46. The van der Waals surface area contributed by atoms with Crippen molar-refractivity contribution in [1.82, 2.24) is 9.13 Å². The number of para-hydroxylation sites is 5. The van der Waals surface area contributed by atoms with E-state index in [1.165, 1.54) is 77.0 Å². The summed E-state index contributed by atoms with van der Waals surface area (Å²) in [5.74, 6) is 0. The second-order valence-electron chi connectivity index (χ2n) is 19.8. The molecule has 0 amide bonds. The summed E-state index contributed by atoms with van der Waals surface area (Å²) < 4.78 is 4.79. The summed E-state index contributed by atoms with van der Waals surface area (Å²) in [6, 6.07) is 96.1. The lowest BCUT2D eigenvalue weighted by atomic mass is 9.81. The quantitative estimate of drug-likeness (QED) is 0.148. The maximum Gasteiger partial charge on any atom is 0.0541 e. The third-order valence-electron chi connectivity index (χ3n) is 15.3. The van der Waals surface area contributed by atoms with E-state index in [0.29, 0.717) is 0 Å². The van der Waals surface area contributed by atoms with Gasteiger partial charge in [-0.05, 0) is 165 Å². The zero-order chi connectivity index (χ0) is 47.9. The first-order valence-electron chi connectivity index (χ1n) is 25.0. The molecule has 0 aliphatic heterocycles. The maximum absolute atomic E-state index is 2.46. The Morgan fingerprint density at radius 3 is 1.26 bits per heavy atom. The molecule has 3 nitrogen and oxygen atoms in total. The van der Waals surface area contributed by atoms with Crippen LogP contribution < -0.4 is 4.90 Å². The third-order valence-corrected chi connectivity index (χ3v) is 15.3. The fourth-order valence-electron chi connectivity index (χ4n) is 11.8. The Labute approximate surface area is 419 Å². The van der Waals surface area contributed by atoms with Crippen molar-refractivity contribution in [1.29, 1.82) is 0 Å². The first kappa shape index (κ1) is 41.8. The zero-order valence-electron chi connectivity index (χ0n) is 40.2. The van der Waals surface area contributed by atoms with Crippen LogP contribution in [-0.4, -0.2) is 9.13 Å². The molecule has 2 aromatic heterocycles. The number of fused-ring (bicyclic) bond motifs is 9. The first-order valence-corrected chi connectivity index (χ1v) is 25.0. The number of hydrogen-bond acceptors (Lipinski definition) is 1. The van der Waals surface area contributed by atoms with Crippen LogP contribution in [0.4, 0.5) is 17.1 Å². The molecule has 0 saturated carbocycles. The molecular formula is C69H49N3. The summed E-state index contributed by atoms with van der Waals surface area (Å²) in [7, 11) is 0. The van der Waals surface area contributed by atoms with E-state index in [-0.39, 0.29) is 5.41 Å². The van der Waals surface area contributed by atoms with Crippen molar-refractivity contribution in [2.75, 3.05) is 4.90 Å². The molecule has 0 bridgehead atoms. The predicted molar refractivity (Wildman–Crippen MR) is 304 cm³/mol. The average Bonchev–Trinajstić information content (AvgIpc) is 4.03. The minimum absolute atomic E-state index is 0.219. The molecule has 13 aromatic rings. The molecule has 3 heteroatoms. The van der Waals surface area contributed by atoms with Crippen molar-refractivity contribution in [2.45, 2.75) is 19.3 Å². The van der Waals surface area contributed by atoms with Gasteiger partial charge in [0.25, 0.3) is 0 Å². The Balaban J connectivity index is 0.980. The van der Waals surface area contributed by atoms with Gasteiger partial charge in [-0.2, -0.15) is 0 Å². The molecule has 2 heterocycles. The lowest BCUT2D eigenvalue weighted by Crippen LogP contribution is -2.16. The van der Waals surface area contributed by atoms with Crippen molar-refractivity contribution in [3.63, 3.8) is 0 Å². The highest BCUT2D eigenvalue weighted by molar-refractivity contribution is 6.12. The summed E-state index contributed by atoms with van der Waals surface area (Å²) in [5, 5.41) is 4.92. The summed E-state index contributed by atoms with van der Waals surface area (Å²) in [6.07, 6.45) is 0. The van der Waals surface area contributed by atoms with Crippen LogP contribution in [0, 0.1) is 0 Å². The van der Waals surface area contributed by atoms with Crippen LogP contribution in [0.15, 0.2) is 261 Å². The van der Waals surface area contributed by atoms with Crippen molar-refractivity contribution < 1.29 is 0 Å². The summed E-state index contributed by atoms with van der Waals surface area (Å²) >= 11 is 0. The molecule has 0 N–H and O–H groups in total. The Morgan fingerprint density at radius 1 is 0.278 bits per heavy atom. The number of aromatic nitrogens is 2. The number of rotatable bonds is 8. The van der Waals surface area contributed by atoms with Gasteiger partial charge in [-0.15, -0.1) is 0 Å². The highest BCUT2D eigenvalue weighted by Gasteiger charge is 2.36. The molecule has 0 saturated heterocycles. The lowest BCUT2D eigenvalue weighted by Gasteiger charge is -2.29. The third kappa shape index (κ3) is 6.66. The molecular weight excluding hydrogens is 871 g/mol. The van der Waals surface area contributed by atoms with Crippen molar-refractivity contribution in [3.05, 3.63) is 272 Å². The molecule has 340 valence electrons. The van der Waals surface area contributed by atoms with Crippen molar-refractivity contribution in [2.24, 2.45) is 0 Å². The number of hydrogen-bond donors (Lipinski definition) is 0. The SMILES string of the molecule is CC1(C)c2cc(-c3ccccc3)ccc2-c2ccc(N(c3ccccc3)c3cc(-c4ccc5c(c4)c4ccccc4n5-c4ccccc4)cc(-c4ccc5c(c4)c4ccccc4n5-c4ccccc4)c3)cc21. The van der Waals surface area contributed by atoms with Gasteiger partial charge in [0.15, 0.2) is 0 Å². The highest BCUT2D eigenvalue weighted by Crippen LogP contribution is 2.52. The zero-order valence-corrected chi connectivity index (χ0v) is 40.2. The van der Waals surface area contributed by atoms with Crippen LogP contribution in [-0.2, 0) is 5.41 Å². The van der Waals surface area contributed by atoms with Crippen LogP contribution in [0.25, 0.3) is 99.5 Å². The molecule has 0 atom stereocenters. The molecule has 72 heavy (non-hydrogen) atoms. The second kappa shape index (κ2) is 16.5. The lowest BCUT2D eigenvalue weighted by molar-refractivity contribution is 0.660. The van der Waals surface area contributed by atoms with Gasteiger partial charge >= 0.3 is 0 Å². The molecule has 14 rings (SSSR count). The Morgan fingerprint density at radius 2 is 0.708 bits per heavy atom. The molecule has 1 aliphatic rings. The van der Waals surface area contributed by atoms with E-state index in [4.69, 9.17) is 0 Å². The normalized spacial score (nSPS) is 12.7. The largest absolute Gasteiger partial charge is 0.310 e. The van der Waals surface area contributed by atoms with Gasteiger partial charge in [0.05, 0.1) is 22.1 Å². The van der Waals surface area contributed by atoms with Crippen LogP contribution in [0.5, 0.6) is 0 Å². The Kier molecular flexibility index (Phi) is 9.56. The first-order chi connectivity index (χ1) is 35.5.